The molecule has 0 radical (unpaired) electrons. The number of nitrogens with one attached hydrogen (secondary N) is 1. The van der Waals surface area contributed by atoms with Gasteiger partial charge in [-0.2, -0.15) is 5.26 Å². The summed E-state index contributed by atoms with van der Waals surface area (Å²) in [4.78, 5) is 41.0. The molecule has 1 saturated heterocycles. The number of hydrogen-bond donors (Lipinski definition) is 1. The highest BCUT2D eigenvalue weighted by molar-refractivity contribution is 5.95. The first-order valence-electron chi connectivity index (χ1n) is 11.3. The second kappa shape index (κ2) is 12.7. The average molecular weight is 427 g/mol. The molecule has 0 atom stereocenters. The summed E-state index contributed by atoms with van der Waals surface area (Å²) in [6.07, 6.45) is 3.64. The molecule has 0 aromatic heterocycles. The molecular formula is C24H34N4O3. The standard InChI is InChI=1S/C24H34N4O3/c1-3-19(4-2)24(31)27-17-13-20(14-18-27)26-22(29)11-12-23(30)28(16-8-15-25)21-9-6-5-7-10-21/h5-7,9-10,19-20H,3-4,8,11-14,16-18H2,1-2H3,(H,26,29). The van der Waals surface area contributed by atoms with E-state index in [1.54, 1.807) is 4.90 Å². The highest BCUT2D eigenvalue weighted by Gasteiger charge is 2.27. The zero-order valence-corrected chi connectivity index (χ0v) is 18.7. The van der Waals surface area contributed by atoms with E-state index in [1.807, 2.05) is 49.1 Å². The molecular weight excluding hydrogens is 392 g/mol. The fourth-order valence-corrected chi connectivity index (χ4v) is 3.96. The van der Waals surface area contributed by atoms with Crippen molar-refractivity contribution in [1.29, 1.82) is 5.26 Å². The summed E-state index contributed by atoms with van der Waals surface area (Å²) in [5.74, 6) is -0.00176. The van der Waals surface area contributed by atoms with E-state index >= 15 is 0 Å². The molecule has 31 heavy (non-hydrogen) atoms. The number of piperidine rings is 1. The molecule has 0 saturated carbocycles. The van der Waals surface area contributed by atoms with Crippen LogP contribution in [-0.2, 0) is 14.4 Å². The van der Waals surface area contributed by atoms with Crippen LogP contribution in [0.4, 0.5) is 5.69 Å². The highest BCUT2D eigenvalue weighted by atomic mass is 16.2. The maximum Gasteiger partial charge on any atom is 0.227 e. The van der Waals surface area contributed by atoms with E-state index in [9.17, 15) is 14.4 Å². The Kier molecular flexibility index (Phi) is 10.0. The van der Waals surface area contributed by atoms with Gasteiger partial charge in [-0.05, 0) is 37.8 Å². The van der Waals surface area contributed by atoms with Gasteiger partial charge in [-0.15, -0.1) is 0 Å². The van der Waals surface area contributed by atoms with Gasteiger partial charge in [-0.1, -0.05) is 32.0 Å². The first-order chi connectivity index (χ1) is 15.0. The average Bonchev–Trinajstić information content (AvgIpc) is 2.80. The lowest BCUT2D eigenvalue weighted by atomic mass is 9.98. The van der Waals surface area contributed by atoms with Gasteiger partial charge in [0, 0.05) is 50.1 Å². The fraction of sp³-hybridized carbons (Fsp3) is 0.583. The number of amides is 3. The van der Waals surface area contributed by atoms with Crippen molar-refractivity contribution in [3.8, 4) is 6.07 Å². The number of carbonyl (C=O) groups is 3. The summed E-state index contributed by atoms with van der Waals surface area (Å²) in [6, 6.07) is 11.3. The van der Waals surface area contributed by atoms with Crippen molar-refractivity contribution in [2.24, 2.45) is 5.92 Å². The highest BCUT2D eigenvalue weighted by Crippen LogP contribution is 2.18. The third-order valence-corrected chi connectivity index (χ3v) is 5.89. The maximum atomic E-state index is 12.7. The van der Waals surface area contributed by atoms with Gasteiger partial charge in [-0.3, -0.25) is 14.4 Å². The lowest BCUT2D eigenvalue weighted by Gasteiger charge is -2.34. The van der Waals surface area contributed by atoms with E-state index in [1.165, 1.54) is 0 Å². The Hall–Kier alpha value is -2.88. The van der Waals surface area contributed by atoms with Crippen LogP contribution in [0.1, 0.15) is 58.8 Å². The lowest BCUT2D eigenvalue weighted by molar-refractivity contribution is -0.137. The Labute approximate surface area is 185 Å². The van der Waals surface area contributed by atoms with E-state index in [2.05, 4.69) is 11.4 Å². The number of para-hydroxylation sites is 1. The number of carbonyl (C=O) groups excluding carboxylic acids is 3. The summed E-state index contributed by atoms with van der Waals surface area (Å²) in [6.45, 7) is 5.72. The Morgan fingerprint density at radius 1 is 1.13 bits per heavy atom. The Balaban J connectivity index is 1.79. The predicted molar refractivity (Wildman–Crippen MR) is 120 cm³/mol. The smallest absolute Gasteiger partial charge is 0.227 e. The van der Waals surface area contributed by atoms with E-state index < -0.39 is 0 Å². The number of nitriles is 1. The van der Waals surface area contributed by atoms with Crippen LogP contribution in [0, 0.1) is 17.2 Å². The molecule has 1 N–H and O–H groups in total. The number of nitrogens with zero attached hydrogens (tertiary/aromatic N) is 3. The van der Waals surface area contributed by atoms with Crippen molar-refractivity contribution in [3.05, 3.63) is 30.3 Å². The summed E-state index contributed by atoms with van der Waals surface area (Å²) in [5, 5.41) is 11.9. The van der Waals surface area contributed by atoms with E-state index in [0.29, 0.717) is 19.6 Å². The molecule has 0 aliphatic carbocycles. The quantitative estimate of drug-likeness (QED) is 0.621. The van der Waals surface area contributed by atoms with Crippen molar-refractivity contribution in [2.45, 2.75) is 64.8 Å². The minimum absolute atomic E-state index is 0.0390. The van der Waals surface area contributed by atoms with Crippen LogP contribution in [-0.4, -0.2) is 48.3 Å². The number of likely N-dealkylation sites (tertiary alicyclic amines) is 1. The molecule has 168 valence electrons. The minimum Gasteiger partial charge on any atom is -0.353 e. The van der Waals surface area contributed by atoms with Crippen molar-refractivity contribution in [3.63, 3.8) is 0 Å². The molecule has 0 unspecified atom stereocenters. The molecule has 2 rings (SSSR count). The van der Waals surface area contributed by atoms with Gasteiger partial charge in [0.2, 0.25) is 17.7 Å². The van der Waals surface area contributed by atoms with Crippen LogP contribution in [0.25, 0.3) is 0 Å². The number of anilines is 1. The Morgan fingerprint density at radius 3 is 2.35 bits per heavy atom. The van der Waals surface area contributed by atoms with Crippen molar-refractivity contribution >= 4 is 23.4 Å². The van der Waals surface area contributed by atoms with Gasteiger partial charge < -0.3 is 15.1 Å². The summed E-state index contributed by atoms with van der Waals surface area (Å²) < 4.78 is 0. The summed E-state index contributed by atoms with van der Waals surface area (Å²) in [7, 11) is 0. The normalized spacial score (nSPS) is 14.2. The number of rotatable bonds is 10. The van der Waals surface area contributed by atoms with Gasteiger partial charge >= 0.3 is 0 Å². The SMILES string of the molecule is CCC(CC)C(=O)N1CCC(NC(=O)CCC(=O)N(CCC#N)c2ccccc2)CC1. The van der Waals surface area contributed by atoms with E-state index in [0.717, 1.165) is 31.4 Å². The third-order valence-electron chi connectivity index (χ3n) is 5.89. The van der Waals surface area contributed by atoms with Crippen LogP contribution in [0.5, 0.6) is 0 Å². The summed E-state index contributed by atoms with van der Waals surface area (Å²) >= 11 is 0. The number of hydrogen-bond acceptors (Lipinski definition) is 4. The van der Waals surface area contributed by atoms with E-state index in [-0.39, 0.29) is 48.9 Å². The molecule has 1 aromatic carbocycles. The van der Waals surface area contributed by atoms with Gasteiger partial charge in [0.05, 0.1) is 12.5 Å². The second-order valence-electron chi connectivity index (χ2n) is 7.97. The van der Waals surface area contributed by atoms with Gasteiger partial charge in [0.25, 0.3) is 0 Å². The number of benzene rings is 1. The van der Waals surface area contributed by atoms with Crippen LogP contribution < -0.4 is 10.2 Å². The van der Waals surface area contributed by atoms with Crippen LogP contribution >= 0.6 is 0 Å². The monoisotopic (exact) mass is 426 g/mol. The molecule has 7 heteroatoms. The largest absolute Gasteiger partial charge is 0.353 e. The molecule has 7 nitrogen and oxygen atoms in total. The molecule has 1 aliphatic rings. The molecule has 1 aromatic rings. The molecule has 1 heterocycles. The molecule has 0 bridgehead atoms. The zero-order chi connectivity index (χ0) is 22.6. The second-order valence-corrected chi connectivity index (χ2v) is 7.97. The first kappa shape index (κ1) is 24.4. The Bertz CT molecular complexity index is 763. The third kappa shape index (κ3) is 7.39. The van der Waals surface area contributed by atoms with Gasteiger partial charge in [0.1, 0.15) is 0 Å². The Morgan fingerprint density at radius 2 is 1.77 bits per heavy atom. The molecule has 3 amide bonds. The topological polar surface area (TPSA) is 93.5 Å². The van der Waals surface area contributed by atoms with Crippen molar-refractivity contribution < 1.29 is 14.4 Å². The maximum absolute atomic E-state index is 12.7. The van der Waals surface area contributed by atoms with Gasteiger partial charge in [0.15, 0.2) is 0 Å². The minimum atomic E-state index is -0.165. The molecule has 1 fully saturated rings. The van der Waals surface area contributed by atoms with Crippen molar-refractivity contribution in [2.75, 3.05) is 24.5 Å². The van der Waals surface area contributed by atoms with Crippen molar-refractivity contribution in [1.82, 2.24) is 10.2 Å². The van der Waals surface area contributed by atoms with E-state index in [4.69, 9.17) is 5.26 Å². The fourth-order valence-electron chi connectivity index (χ4n) is 3.96. The summed E-state index contributed by atoms with van der Waals surface area (Å²) in [5.41, 5.74) is 0.734. The predicted octanol–water partition coefficient (Wildman–Crippen LogP) is 3.26. The van der Waals surface area contributed by atoms with Crippen LogP contribution in [0.3, 0.4) is 0 Å². The van der Waals surface area contributed by atoms with Gasteiger partial charge in [-0.25, -0.2) is 0 Å². The molecule has 1 aliphatic heterocycles. The first-order valence-corrected chi connectivity index (χ1v) is 11.3. The zero-order valence-electron chi connectivity index (χ0n) is 18.7. The lowest BCUT2D eigenvalue weighted by Crippen LogP contribution is -2.48. The van der Waals surface area contributed by atoms with Crippen LogP contribution in [0.15, 0.2) is 30.3 Å². The van der Waals surface area contributed by atoms with Crippen LogP contribution in [0.2, 0.25) is 0 Å². The molecule has 0 spiro atoms.